The van der Waals surface area contributed by atoms with Gasteiger partial charge in [0.05, 0.1) is 10.4 Å². The number of carbonyl (C=O) groups is 2. The zero-order valence-corrected chi connectivity index (χ0v) is 6.72. The van der Waals surface area contributed by atoms with Crippen LogP contribution >= 0.6 is 11.3 Å². The van der Waals surface area contributed by atoms with Gasteiger partial charge in [-0.25, -0.2) is 4.79 Å². The van der Waals surface area contributed by atoms with Crippen molar-refractivity contribution in [3.8, 4) is 0 Å². The number of rotatable bonds is 2. The van der Waals surface area contributed by atoms with E-state index in [-0.39, 0.29) is 15.4 Å². The highest BCUT2D eigenvalue weighted by Gasteiger charge is 2.14. The van der Waals surface area contributed by atoms with Crippen molar-refractivity contribution in [3.63, 3.8) is 0 Å². The normalized spacial score (nSPS) is 9.67. The van der Waals surface area contributed by atoms with Crippen LogP contribution in [0.1, 0.15) is 20.0 Å². The van der Waals surface area contributed by atoms with Gasteiger partial charge in [-0.1, -0.05) is 0 Å². The van der Waals surface area contributed by atoms with Gasteiger partial charge in [0.1, 0.15) is 5.00 Å². The van der Waals surface area contributed by atoms with Crippen molar-refractivity contribution in [1.82, 2.24) is 0 Å². The largest absolute Gasteiger partial charge is 0.478 e. The van der Waals surface area contributed by atoms with Gasteiger partial charge in [-0.15, -0.1) is 11.3 Å². The van der Waals surface area contributed by atoms with Crippen LogP contribution in [-0.2, 0) is 0 Å². The summed E-state index contributed by atoms with van der Waals surface area (Å²) < 4.78 is 0. The molecular formula is C6H6N2O3S. The van der Waals surface area contributed by atoms with Gasteiger partial charge in [-0.05, 0) is 6.07 Å². The molecule has 12 heavy (non-hydrogen) atoms. The molecule has 5 nitrogen and oxygen atoms in total. The van der Waals surface area contributed by atoms with Crippen molar-refractivity contribution in [3.05, 3.63) is 16.5 Å². The molecule has 0 atom stereocenters. The second-order valence-corrected chi connectivity index (χ2v) is 3.14. The first-order chi connectivity index (χ1) is 5.52. The molecule has 0 aliphatic carbocycles. The Kier molecular flexibility index (Phi) is 2.01. The minimum atomic E-state index is -1.16. The Bertz CT molecular complexity index is 345. The molecule has 0 aliphatic rings. The third-order valence-electron chi connectivity index (χ3n) is 1.23. The van der Waals surface area contributed by atoms with E-state index >= 15 is 0 Å². The van der Waals surface area contributed by atoms with Gasteiger partial charge in [0.15, 0.2) is 0 Å². The highest BCUT2D eigenvalue weighted by atomic mass is 32.1. The van der Waals surface area contributed by atoms with Crippen molar-refractivity contribution < 1.29 is 14.7 Å². The average molecular weight is 186 g/mol. The van der Waals surface area contributed by atoms with Gasteiger partial charge in [0.25, 0.3) is 5.91 Å². The zero-order valence-electron chi connectivity index (χ0n) is 5.90. The summed E-state index contributed by atoms with van der Waals surface area (Å²) in [5, 5.41) is 8.63. The molecule has 1 aromatic heterocycles. The minimum absolute atomic E-state index is 0.0752. The number of hydrogen-bond donors (Lipinski definition) is 3. The van der Waals surface area contributed by atoms with Crippen molar-refractivity contribution in [2.75, 3.05) is 5.73 Å². The molecule has 0 unspecified atom stereocenters. The molecule has 5 N–H and O–H groups in total. The molecule has 6 heteroatoms. The first-order valence-corrected chi connectivity index (χ1v) is 3.76. The number of hydrogen-bond acceptors (Lipinski definition) is 4. The van der Waals surface area contributed by atoms with E-state index in [0.717, 1.165) is 11.3 Å². The number of anilines is 1. The molecule has 0 radical (unpaired) electrons. The molecule has 1 aromatic rings. The first kappa shape index (κ1) is 8.54. The van der Waals surface area contributed by atoms with Crippen LogP contribution in [0.25, 0.3) is 0 Å². The molecule has 64 valence electrons. The topological polar surface area (TPSA) is 106 Å². The number of carbonyl (C=O) groups excluding carboxylic acids is 1. The Morgan fingerprint density at radius 2 is 2.08 bits per heavy atom. The van der Waals surface area contributed by atoms with E-state index in [9.17, 15) is 9.59 Å². The van der Waals surface area contributed by atoms with E-state index in [4.69, 9.17) is 16.6 Å². The Labute approximate surface area is 71.6 Å². The number of nitrogen functional groups attached to an aromatic ring is 1. The second-order valence-electron chi connectivity index (χ2n) is 2.06. The van der Waals surface area contributed by atoms with Gasteiger partial charge in [0.2, 0.25) is 0 Å². The summed E-state index contributed by atoms with van der Waals surface area (Å²) in [6.45, 7) is 0. The van der Waals surface area contributed by atoms with E-state index in [1.54, 1.807) is 0 Å². The third-order valence-corrected chi connectivity index (χ3v) is 2.21. The Hall–Kier alpha value is -1.56. The minimum Gasteiger partial charge on any atom is -0.478 e. The highest BCUT2D eigenvalue weighted by molar-refractivity contribution is 7.18. The number of carboxylic acids is 1. The van der Waals surface area contributed by atoms with Gasteiger partial charge >= 0.3 is 5.97 Å². The van der Waals surface area contributed by atoms with Gasteiger partial charge in [0, 0.05) is 0 Å². The fourth-order valence-electron chi connectivity index (χ4n) is 0.694. The first-order valence-electron chi connectivity index (χ1n) is 2.94. The predicted octanol–water partition coefficient (Wildman–Crippen LogP) is 0.127. The molecule has 1 rings (SSSR count). The maximum absolute atomic E-state index is 10.6. The quantitative estimate of drug-likeness (QED) is 0.610. The number of thiophene rings is 1. The SMILES string of the molecule is NC(=O)c1cc(C(=O)O)c(N)s1. The van der Waals surface area contributed by atoms with Crippen molar-refractivity contribution in [2.45, 2.75) is 0 Å². The molecule has 0 saturated heterocycles. The van der Waals surface area contributed by atoms with Crippen molar-refractivity contribution in [2.24, 2.45) is 5.73 Å². The molecular weight excluding hydrogens is 180 g/mol. The Balaban J connectivity index is 3.17. The second kappa shape index (κ2) is 2.82. The Morgan fingerprint density at radius 1 is 1.50 bits per heavy atom. The summed E-state index contributed by atoms with van der Waals surface area (Å²) in [4.78, 5) is 21.2. The van der Waals surface area contributed by atoms with Crippen LogP contribution in [0.3, 0.4) is 0 Å². The Morgan fingerprint density at radius 3 is 2.33 bits per heavy atom. The summed E-state index contributed by atoms with van der Waals surface area (Å²) in [5.74, 6) is -1.82. The predicted molar refractivity (Wildman–Crippen MR) is 44.2 cm³/mol. The molecule has 0 fully saturated rings. The molecule has 0 aliphatic heterocycles. The lowest BCUT2D eigenvalue weighted by molar-refractivity contribution is 0.0698. The summed E-state index contributed by atoms with van der Waals surface area (Å²) >= 11 is 0.873. The van der Waals surface area contributed by atoms with E-state index < -0.39 is 11.9 Å². The van der Waals surface area contributed by atoms with E-state index in [0.29, 0.717) is 0 Å². The maximum Gasteiger partial charge on any atom is 0.338 e. The van der Waals surface area contributed by atoms with Gasteiger partial charge in [-0.3, -0.25) is 4.79 Å². The summed E-state index contributed by atoms with van der Waals surface area (Å²) in [6, 6.07) is 1.17. The molecule has 0 aromatic carbocycles. The molecule has 0 saturated carbocycles. The van der Waals surface area contributed by atoms with E-state index in [2.05, 4.69) is 0 Å². The van der Waals surface area contributed by atoms with Crippen LogP contribution in [-0.4, -0.2) is 17.0 Å². The van der Waals surface area contributed by atoms with E-state index in [1.807, 2.05) is 0 Å². The van der Waals surface area contributed by atoms with Gasteiger partial charge in [-0.2, -0.15) is 0 Å². The molecule has 0 spiro atoms. The van der Waals surface area contributed by atoms with Crippen LogP contribution in [0.4, 0.5) is 5.00 Å². The lowest BCUT2D eigenvalue weighted by Crippen LogP contribution is -2.08. The van der Waals surface area contributed by atoms with Crippen molar-refractivity contribution >= 4 is 28.2 Å². The molecule has 1 heterocycles. The van der Waals surface area contributed by atoms with Crippen LogP contribution < -0.4 is 11.5 Å². The zero-order chi connectivity index (χ0) is 9.30. The lowest BCUT2D eigenvalue weighted by Gasteiger charge is -1.86. The van der Waals surface area contributed by atoms with Gasteiger partial charge < -0.3 is 16.6 Å². The fraction of sp³-hybridized carbons (Fsp3) is 0. The number of primary amides is 1. The monoisotopic (exact) mass is 186 g/mol. The third kappa shape index (κ3) is 1.37. The van der Waals surface area contributed by atoms with E-state index in [1.165, 1.54) is 6.07 Å². The van der Waals surface area contributed by atoms with Crippen LogP contribution in [0.2, 0.25) is 0 Å². The molecule has 1 amide bonds. The van der Waals surface area contributed by atoms with Crippen molar-refractivity contribution in [1.29, 1.82) is 0 Å². The maximum atomic E-state index is 10.6. The van der Waals surface area contributed by atoms with Crippen LogP contribution in [0, 0.1) is 0 Å². The molecule has 0 bridgehead atoms. The number of carboxylic acid groups (broad SMARTS) is 1. The standard InChI is InChI=1S/C6H6N2O3S/c7-4(9)3-1-2(6(10)11)5(8)12-3/h1H,8H2,(H2,7,9)(H,10,11). The lowest BCUT2D eigenvalue weighted by atomic mass is 10.3. The number of amides is 1. The average Bonchev–Trinajstić information content (AvgIpc) is 2.30. The highest BCUT2D eigenvalue weighted by Crippen LogP contribution is 2.24. The summed E-state index contributed by atoms with van der Waals surface area (Å²) in [6.07, 6.45) is 0. The smallest absolute Gasteiger partial charge is 0.338 e. The fourth-order valence-corrected chi connectivity index (χ4v) is 1.46. The van der Waals surface area contributed by atoms with Crippen LogP contribution in [0.15, 0.2) is 6.07 Å². The number of aromatic carboxylic acids is 1. The van der Waals surface area contributed by atoms with Crippen LogP contribution in [0.5, 0.6) is 0 Å². The summed E-state index contributed by atoms with van der Waals surface area (Å²) in [7, 11) is 0. The summed E-state index contributed by atoms with van der Waals surface area (Å²) in [5.41, 5.74) is 10.2. The number of nitrogens with two attached hydrogens (primary N) is 2.